The molecule has 0 radical (unpaired) electrons. The smallest absolute Gasteiger partial charge is 0.345 e. The Kier molecular flexibility index (Phi) is 9.42. The first-order valence-corrected chi connectivity index (χ1v) is 10.6. The van der Waals surface area contributed by atoms with E-state index >= 15 is 0 Å². The molecule has 2 aromatic rings. The Bertz CT molecular complexity index is 826. The summed E-state index contributed by atoms with van der Waals surface area (Å²) in [7, 11) is 0. The summed E-state index contributed by atoms with van der Waals surface area (Å²) in [5, 5.41) is 12.1. The number of guanidine groups is 1. The molecular weight excluding hydrogens is 489 g/mol. The second kappa shape index (κ2) is 11.5. The van der Waals surface area contributed by atoms with Crippen molar-refractivity contribution in [2.45, 2.75) is 65.6 Å². The Hall–Kier alpha value is -1.43. The third-order valence-corrected chi connectivity index (χ3v) is 5.66. The summed E-state index contributed by atoms with van der Waals surface area (Å²) in [6.07, 6.45) is 6.86. The number of thiazole rings is 1. The molecule has 0 bridgehead atoms. The van der Waals surface area contributed by atoms with E-state index in [2.05, 4.69) is 32.6 Å². The number of hydrogen-bond donors (Lipinski definition) is 2. The predicted octanol–water partition coefficient (Wildman–Crippen LogP) is 2.16. The van der Waals surface area contributed by atoms with Crippen LogP contribution in [0.1, 0.15) is 48.8 Å². The van der Waals surface area contributed by atoms with Gasteiger partial charge in [0.25, 0.3) is 0 Å². The minimum Gasteiger partial charge on any atom is -0.357 e. The van der Waals surface area contributed by atoms with Gasteiger partial charge in [-0.25, -0.2) is 19.5 Å². The van der Waals surface area contributed by atoms with Crippen molar-refractivity contribution in [1.82, 2.24) is 30.0 Å². The molecule has 0 saturated heterocycles. The highest BCUT2D eigenvalue weighted by atomic mass is 127. The Morgan fingerprint density at radius 2 is 2.18 bits per heavy atom. The van der Waals surface area contributed by atoms with E-state index in [0.29, 0.717) is 13.1 Å². The van der Waals surface area contributed by atoms with Crippen molar-refractivity contribution in [2.75, 3.05) is 13.1 Å². The number of nitrogens with zero attached hydrogens (tertiary/aromatic N) is 5. The minimum atomic E-state index is 0. The standard InChI is InChI=1S/C18H29N7OS.HI/c1-3-14-12-21-16(27-14)13-22-17(19-4-2)20-9-7-11-25-18(26)24-10-6-5-8-15(24)23-25;/h12H,3-11,13H2,1-2H3,(H2,19,20,22);1H. The molecule has 156 valence electrons. The highest BCUT2D eigenvalue weighted by Crippen LogP contribution is 2.14. The summed E-state index contributed by atoms with van der Waals surface area (Å²) < 4.78 is 3.43. The maximum Gasteiger partial charge on any atom is 0.345 e. The van der Waals surface area contributed by atoms with Crippen molar-refractivity contribution < 1.29 is 0 Å². The SMILES string of the molecule is CCNC(=NCc1ncc(CC)s1)NCCCn1nc2n(c1=O)CCCC2.I. The van der Waals surface area contributed by atoms with Crippen molar-refractivity contribution in [3.05, 3.63) is 32.4 Å². The number of rotatable bonds is 8. The van der Waals surface area contributed by atoms with E-state index in [9.17, 15) is 4.79 Å². The molecule has 3 rings (SSSR count). The average molecular weight is 519 g/mol. The monoisotopic (exact) mass is 519 g/mol. The highest BCUT2D eigenvalue weighted by Gasteiger charge is 2.16. The maximum absolute atomic E-state index is 12.3. The lowest BCUT2D eigenvalue weighted by atomic mass is 10.2. The van der Waals surface area contributed by atoms with Crippen LogP contribution < -0.4 is 16.3 Å². The van der Waals surface area contributed by atoms with Gasteiger partial charge in [0, 0.05) is 43.7 Å². The summed E-state index contributed by atoms with van der Waals surface area (Å²) in [5.41, 5.74) is 0.0285. The maximum atomic E-state index is 12.3. The Labute approximate surface area is 186 Å². The highest BCUT2D eigenvalue weighted by molar-refractivity contribution is 14.0. The largest absolute Gasteiger partial charge is 0.357 e. The number of hydrogen-bond acceptors (Lipinski definition) is 5. The topological polar surface area (TPSA) is 89.1 Å². The van der Waals surface area contributed by atoms with Crippen molar-refractivity contribution in [3.63, 3.8) is 0 Å². The quantitative estimate of drug-likeness (QED) is 0.242. The molecule has 0 fully saturated rings. The zero-order valence-corrected chi connectivity index (χ0v) is 19.8. The molecular formula is C18H30IN7OS. The number of aryl methyl sites for hydroxylation is 3. The van der Waals surface area contributed by atoms with Crippen LogP contribution in [0.15, 0.2) is 16.0 Å². The molecule has 1 aliphatic rings. The fraction of sp³-hybridized carbons (Fsp3) is 0.667. The number of halogens is 1. The first kappa shape index (κ1) is 22.9. The van der Waals surface area contributed by atoms with Crippen LogP contribution in [0, 0.1) is 0 Å². The Balaban J connectivity index is 0.00000280. The zero-order valence-electron chi connectivity index (χ0n) is 16.6. The second-order valence-corrected chi connectivity index (χ2v) is 7.78. The van der Waals surface area contributed by atoms with E-state index in [4.69, 9.17) is 0 Å². The Morgan fingerprint density at radius 1 is 1.32 bits per heavy atom. The van der Waals surface area contributed by atoms with Gasteiger partial charge in [0.2, 0.25) is 0 Å². The summed E-state index contributed by atoms with van der Waals surface area (Å²) >= 11 is 1.71. The van der Waals surface area contributed by atoms with Crippen LogP contribution in [0.5, 0.6) is 0 Å². The number of fused-ring (bicyclic) bond motifs is 1. The third-order valence-electron chi connectivity index (χ3n) is 4.54. The van der Waals surface area contributed by atoms with Crippen LogP contribution in [-0.4, -0.2) is 38.4 Å². The molecule has 10 heteroatoms. The van der Waals surface area contributed by atoms with Crippen LogP contribution in [0.4, 0.5) is 0 Å². The molecule has 1 aliphatic heterocycles. The zero-order chi connectivity index (χ0) is 19.1. The summed E-state index contributed by atoms with van der Waals surface area (Å²) in [4.78, 5) is 22.6. The number of aliphatic imine (C=N–C) groups is 1. The van der Waals surface area contributed by atoms with Crippen LogP contribution in [0.3, 0.4) is 0 Å². The van der Waals surface area contributed by atoms with Gasteiger partial charge in [-0.1, -0.05) is 6.92 Å². The van der Waals surface area contributed by atoms with Gasteiger partial charge < -0.3 is 10.6 Å². The molecule has 3 heterocycles. The van der Waals surface area contributed by atoms with Gasteiger partial charge in [-0.3, -0.25) is 4.57 Å². The number of aromatic nitrogens is 4. The molecule has 2 aromatic heterocycles. The van der Waals surface area contributed by atoms with Crippen molar-refractivity contribution >= 4 is 41.3 Å². The fourth-order valence-electron chi connectivity index (χ4n) is 3.10. The second-order valence-electron chi connectivity index (χ2n) is 6.58. The van der Waals surface area contributed by atoms with Crippen LogP contribution >= 0.6 is 35.3 Å². The van der Waals surface area contributed by atoms with Gasteiger partial charge in [0.1, 0.15) is 10.8 Å². The van der Waals surface area contributed by atoms with Gasteiger partial charge in [0.15, 0.2) is 5.96 Å². The van der Waals surface area contributed by atoms with Gasteiger partial charge in [-0.2, -0.15) is 5.10 Å². The first-order valence-electron chi connectivity index (χ1n) is 9.83. The first-order chi connectivity index (χ1) is 13.2. The van der Waals surface area contributed by atoms with Gasteiger partial charge >= 0.3 is 5.69 Å². The average Bonchev–Trinajstić information content (AvgIpc) is 3.28. The molecule has 0 atom stereocenters. The molecule has 0 saturated carbocycles. The fourth-order valence-corrected chi connectivity index (χ4v) is 3.89. The van der Waals surface area contributed by atoms with E-state index in [1.165, 1.54) is 4.88 Å². The molecule has 8 nitrogen and oxygen atoms in total. The normalized spacial score (nSPS) is 13.7. The van der Waals surface area contributed by atoms with Crippen LogP contribution in [0.25, 0.3) is 0 Å². The van der Waals surface area contributed by atoms with Crippen LogP contribution in [-0.2, 0) is 32.5 Å². The van der Waals surface area contributed by atoms with E-state index < -0.39 is 0 Å². The lowest BCUT2D eigenvalue weighted by molar-refractivity contribution is 0.509. The van der Waals surface area contributed by atoms with E-state index in [1.54, 1.807) is 16.0 Å². The van der Waals surface area contributed by atoms with Gasteiger partial charge in [-0.05, 0) is 32.6 Å². The summed E-state index contributed by atoms with van der Waals surface area (Å²) in [6, 6.07) is 0. The summed E-state index contributed by atoms with van der Waals surface area (Å²) in [6.45, 7) is 7.72. The van der Waals surface area contributed by atoms with Crippen molar-refractivity contribution in [1.29, 1.82) is 0 Å². The molecule has 0 amide bonds. The predicted molar refractivity (Wildman–Crippen MR) is 124 cm³/mol. The number of nitrogens with one attached hydrogen (secondary N) is 2. The summed E-state index contributed by atoms with van der Waals surface area (Å²) in [5.74, 6) is 1.71. The van der Waals surface area contributed by atoms with E-state index in [-0.39, 0.29) is 29.7 Å². The molecule has 0 aliphatic carbocycles. The third kappa shape index (κ3) is 6.03. The Morgan fingerprint density at radius 3 is 2.89 bits per heavy atom. The van der Waals surface area contributed by atoms with Crippen molar-refractivity contribution in [3.8, 4) is 0 Å². The molecule has 28 heavy (non-hydrogen) atoms. The van der Waals surface area contributed by atoms with E-state index in [1.807, 2.05) is 17.7 Å². The van der Waals surface area contributed by atoms with Gasteiger partial charge in [0.05, 0.1) is 6.54 Å². The van der Waals surface area contributed by atoms with Crippen molar-refractivity contribution in [2.24, 2.45) is 4.99 Å². The molecule has 0 aromatic carbocycles. The molecule has 0 spiro atoms. The minimum absolute atomic E-state index is 0. The van der Waals surface area contributed by atoms with E-state index in [0.717, 1.165) is 68.5 Å². The molecule has 2 N–H and O–H groups in total. The molecule has 0 unspecified atom stereocenters. The van der Waals surface area contributed by atoms with Gasteiger partial charge in [-0.15, -0.1) is 35.3 Å². The lowest BCUT2D eigenvalue weighted by Crippen LogP contribution is -2.38. The van der Waals surface area contributed by atoms with Crippen LogP contribution in [0.2, 0.25) is 0 Å². The lowest BCUT2D eigenvalue weighted by Gasteiger charge is -2.10.